The van der Waals surface area contributed by atoms with Crippen LogP contribution in [0.25, 0.3) is 0 Å². The Kier molecular flexibility index (Phi) is 2.98. The molecule has 1 fully saturated rings. The van der Waals surface area contributed by atoms with Gasteiger partial charge < -0.3 is 15.0 Å². The average molecular weight is 278 g/mol. The molecule has 6 nitrogen and oxygen atoms in total. The van der Waals surface area contributed by atoms with E-state index in [0.29, 0.717) is 5.82 Å². The zero-order valence-electron chi connectivity index (χ0n) is 10.5. The first-order valence-corrected chi connectivity index (χ1v) is 7.07. The molecule has 0 spiro atoms. The lowest BCUT2D eigenvalue weighted by Gasteiger charge is -2.25. The van der Waals surface area contributed by atoms with Crippen LogP contribution in [0.15, 0.2) is 23.2 Å². The predicted molar refractivity (Wildman–Crippen MR) is 73.5 cm³/mol. The number of rotatable bonds is 3. The van der Waals surface area contributed by atoms with Crippen molar-refractivity contribution < 1.29 is 4.92 Å². The van der Waals surface area contributed by atoms with Gasteiger partial charge in [0.05, 0.1) is 6.04 Å². The van der Waals surface area contributed by atoms with E-state index in [0.717, 1.165) is 19.4 Å². The molecule has 0 saturated carbocycles. The number of aromatic nitrogens is 2. The summed E-state index contributed by atoms with van der Waals surface area (Å²) in [5.74, 6) is 0.559. The maximum absolute atomic E-state index is 11.1. The van der Waals surface area contributed by atoms with Crippen LogP contribution in [0.3, 0.4) is 0 Å². The van der Waals surface area contributed by atoms with Crippen molar-refractivity contribution in [1.82, 2.24) is 9.55 Å². The Bertz CT molecular complexity index is 593. The number of nitrogens with zero attached hydrogens (tertiary/aromatic N) is 4. The molecule has 2 aromatic rings. The highest BCUT2D eigenvalue weighted by atomic mass is 32.1. The molecular formula is C12H14N4O2S. The Morgan fingerprint density at radius 2 is 2.42 bits per heavy atom. The number of thiophene rings is 1. The molecule has 2 aromatic heterocycles. The van der Waals surface area contributed by atoms with Crippen LogP contribution in [-0.2, 0) is 7.05 Å². The van der Waals surface area contributed by atoms with Gasteiger partial charge >= 0.3 is 5.82 Å². The van der Waals surface area contributed by atoms with Gasteiger partial charge in [-0.1, -0.05) is 0 Å². The van der Waals surface area contributed by atoms with Gasteiger partial charge in [0.25, 0.3) is 0 Å². The van der Waals surface area contributed by atoms with Gasteiger partial charge in [-0.15, -0.1) is 0 Å². The molecular weight excluding hydrogens is 264 g/mol. The topological polar surface area (TPSA) is 64.2 Å². The van der Waals surface area contributed by atoms with E-state index in [2.05, 4.69) is 21.3 Å². The minimum absolute atomic E-state index is 0.0513. The number of imidazole rings is 1. The Morgan fingerprint density at radius 3 is 3.11 bits per heavy atom. The van der Waals surface area contributed by atoms with E-state index in [1.54, 1.807) is 23.0 Å². The molecule has 3 rings (SSSR count). The largest absolute Gasteiger partial charge is 0.406 e. The highest BCUT2D eigenvalue weighted by molar-refractivity contribution is 7.08. The monoisotopic (exact) mass is 278 g/mol. The Labute approximate surface area is 114 Å². The average Bonchev–Trinajstić information content (AvgIpc) is 3.06. The Balaban J connectivity index is 2.01. The second-order valence-corrected chi connectivity index (χ2v) is 5.45. The summed E-state index contributed by atoms with van der Waals surface area (Å²) >= 11 is 1.66. The van der Waals surface area contributed by atoms with Crippen molar-refractivity contribution in [2.75, 3.05) is 11.4 Å². The summed E-state index contributed by atoms with van der Waals surface area (Å²) in [6.07, 6.45) is 3.58. The summed E-state index contributed by atoms with van der Waals surface area (Å²) in [6.45, 7) is 0.834. The summed E-state index contributed by atoms with van der Waals surface area (Å²) < 4.78 is 1.74. The van der Waals surface area contributed by atoms with Crippen molar-refractivity contribution in [2.45, 2.75) is 18.9 Å². The molecule has 0 radical (unpaired) electrons. The SMILES string of the molecule is Cn1cnc([N+](=O)[O-])c1N1CCC[C@@H]1c1ccsc1. The lowest BCUT2D eigenvalue weighted by molar-refractivity contribution is -0.388. The Hall–Kier alpha value is -1.89. The molecule has 0 N–H and O–H groups in total. The highest BCUT2D eigenvalue weighted by Gasteiger charge is 2.34. The summed E-state index contributed by atoms with van der Waals surface area (Å²) in [5, 5.41) is 15.3. The fraction of sp³-hybridized carbons (Fsp3) is 0.417. The molecule has 0 amide bonds. The third kappa shape index (κ3) is 1.99. The van der Waals surface area contributed by atoms with Gasteiger partial charge in [0, 0.05) is 13.6 Å². The van der Waals surface area contributed by atoms with Crippen LogP contribution >= 0.6 is 11.3 Å². The van der Waals surface area contributed by atoms with Crippen molar-refractivity contribution >= 4 is 23.0 Å². The number of hydrogen-bond donors (Lipinski definition) is 0. The molecule has 19 heavy (non-hydrogen) atoms. The van der Waals surface area contributed by atoms with Gasteiger partial charge in [0.2, 0.25) is 12.1 Å². The predicted octanol–water partition coefficient (Wildman–Crippen LogP) is 2.73. The van der Waals surface area contributed by atoms with Gasteiger partial charge in [-0.2, -0.15) is 11.3 Å². The van der Waals surface area contributed by atoms with E-state index >= 15 is 0 Å². The quantitative estimate of drug-likeness (QED) is 0.639. The molecule has 3 heterocycles. The summed E-state index contributed by atoms with van der Waals surface area (Å²) in [7, 11) is 1.80. The minimum atomic E-state index is -0.404. The maximum Gasteiger partial charge on any atom is 0.406 e. The Morgan fingerprint density at radius 1 is 1.58 bits per heavy atom. The first-order valence-electron chi connectivity index (χ1n) is 6.13. The molecule has 0 aromatic carbocycles. The highest BCUT2D eigenvalue weighted by Crippen LogP contribution is 2.39. The molecule has 0 aliphatic carbocycles. The van der Waals surface area contributed by atoms with Gasteiger partial charge in [-0.3, -0.25) is 4.57 Å². The van der Waals surface area contributed by atoms with Crippen molar-refractivity contribution in [1.29, 1.82) is 0 Å². The van der Waals surface area contributed by atoms with E-state index in [1.807, 2.05) is 5.38 Å². The lowest BCUT2D eigenvalue weighted by atomic mass is 10.1. The fourth-order valence-electron chi connectivity index (χ4n) is 2.70. The van der Waals surface area contributed by atoms with Gasteiger partial charge in [-0.25, -0.2) is 0 Å². The van der Waals surface area contributed by atoms with Crippen LogP contribution < -0.4 is 4.90 Å². The van der Waals surface area contributed by atoms with Crippen LogP contribution in [0.2, 0.25) is 0 Å². The zero-order chi connectivity index (χ0) is 13.4. The molecule has 0 unspecified atom stereocenters. The molecule has 7 heteroatoms. The third-order valence-electron chi connectivity index (χ3n) is 3.51. The third-order valence-corrected chi connectivity index (χ3v) is 4.21. The van der Waals surface area contributed by atoms with E-state index in [-0.39, 0.29) is 11.9 Å². The number of nitro groups is 1. The molecule has 1 aliphatic rings. The van der Waals surface area contributed by atoms with Gasteiger partial charge in [0.1, 0.15) is 0 Å². The van der Waals surface area contributed by atoms with E-state index < -0.39 is 4.92 Å². The molecule has 1 atom stereocenters. The number of aryl methyl sites for hydroxylation is 1. The van der Waals surface area contributed by atoms with Crippen LogP contribution in [0.1, 0.15) is 24.4 Å². The summed E-state index contributed by atoms with van der Waals surface area (Å²) in [6, 6.07) is 2.32. The van der Waals surface area contributed by atoms with Gasteiger partial charge in [-0.05, 0) is 45.1 Å². The summed E-state index contributed by atoms with van der Waals surface area (Å²) in [4.78, 5) is 16.7. The van der Waals surface area contributed by atoms with Crippen molar-refractivity contribution in [3.05, 3.63) is 38.8 Å². The van der Waals surface area contributed by atoms with E-state index in [4.69, 9.17) is 0 Å². The molecule has 1 aliphatic heterocycles. The van der Waals surface area contributed by atoms with Crippen LogP contribution in [0.4, 0.5) is 11.6 Å². The van der Waals surface area contributed by atoms with Crippen molar-refractivity contribution in [3.63, 3.8) is 0 Å². The van der Waals surface area contributed by atoms with Crippen LogP contribution in [0, 0.1) is 10.1 Å². The van der Waals surface area contributed by atoms with Gasteiger partial charge in [0.15, 0.2) is 0 Å². The zero-order valence-corrected chi connectivity index (χ0v) is 11.3. The standard InChI is InChI=1S/C12H14N4O2S/c1-14-8-13-11(16(17)18)12(14)15-5-2-3-10(15)9-4-6-19-7-9/h4,6-8,10H,2-3,5H2,1H3/t10-/m1/s1. The van der Waals surface area contributed by atoms with Crippen molar-refractivity contribution in [3.8, 4) is 0 Å². The fourth-order valence-corrected chi connectivity index (χ4v) is 3.41. The first-order chi connectivity index (χ1) is 9.18. The summed E-state index contributed by atoms with van der Waals surface area (Å²) in [5.41, 5.74) is 1.23. The number of anilines is 1. The van der Waals surface area contributed by atoms with Crippen molar-refractivity contribution in [2.24, 2.45) is 7.05 Å². The van der Waals surface area contributed by atoms with E-state index in [1.165, 1.54) is 11.9 Å². The molecule has 1 saturated heterocycles. The van der Waals surface area contributed by atoms with Crippen LogP contribution in [-0.4, -0.2) is 21.0 Å². The molecule has 0 bridgehead atoms. The first kappa shape index (κ1) is 12.2. The smallest absolute Gasteiger partial charge is 0.358 e. The minimum Gasteiger partial charge on any atom is -0.358 e. The second kappa shape index (κ2) is 4.65. The van der Waals surface area contributed by atoms with E-state index in [9.17, 15) is 10.1 Å². The second-order valence-electron chi connectivity index (χ2n) is 4.67. The molecule has 100 valence electrons. The van der Waals surface area contributed by atoms with Crippen LogP contribution in [0.5, 0.6) is 0 Å². The maximum atomic E-state index is 11.1. The number of hydrogen-bond acceptors (Lipinski definition) is 5. The lowest BCUT2D eigenvalue weighted by Crippen LogP contribution is -2.25. The normalized spacial score (nSPS) is 19.0.